The van der Waals surface area contributed by atoms with Crippen LogP contribution in [0.1, 0.15) is 22.6 Å². The lowest BCUT2D eigenvalue weighted by Crippen LogP contribution is -2.52. The van der Waals surface area contributed by atoms with Gasteiger partial charge in [0, 0.05) is 38.3 Å². The highest BCUT2D eigenvalue weighted by molar-refractivity contribution is 5.78. The van der Waals surface area contributed by atoms with Crippen molar-refractivity contribution in [3.8, 4) is 0 Å². The summed E-state index contributed by atoms with van der Waals surface area (Å²) in [4.78, 5) is 16.9. The van der Waals surface area contributed by atoms with Crippen molar-refractivity contribution in [3.05, 3.63) is 52.9 Å². The Morgan fingerprint density at radius 2 is 1.83 bits per heavy atom. The Hall–Kier alpha value is -2.14. The average molecular weight is 325 g/mol. The first-order valence-electron chi connectivity index (χ1n) is 8.70. The fourth-order valence-electron chi connectivity index (χ4n) is 3.89. The maximum Gasteiger partial charge on any atom is 0.230 e. The van der Waals surface area contributed by atoms with Gasteiger partial charge in [-0.2, -0.15) is 0 Å². The van der Waals surface area contributed by atoms with E-state index in [9.17, 15) is 4.79 Å². The van der Waals surface area contributed by atoms with Gasteiger partial charge < -0.3 is 9.42 Å². The molecule has 5 nitrogen and oxygen atoms in total. The summed E-state index contributed by atoms with van der Waals surface area (Å²) in [6, 6.07) is 11.2. The fourth-order valence-corrected chi connectivity index (χ4v) is 3.89. The second-order valence-corrected chi connectivity index (χ2v) is 6.86. The van der Waals surface area contributed by atoms with Gasteiger partial charge in [-0.15, -0.1) is 0 Å². The Morgan fingerprint density at radius 3 is 2.42 bits per heavy atom. The van der Waals surface area contributed by atoms with Crippen molar-refractivity contribution in [2.24, 2.45) is 0 Å². The summed E-state index contributed by atoms with van der Waals surface area (Å²) in [6.07, 6.45) is 2.60. The first-order valence-corrected chi connectivity index (χ1v) is 8.70. The second kappa shape index (κ2) is 6.40. The van der Waals surface area contributed by atoms with Crippen LogP contribution in [0.5, 0.6) is 0 Å². The SMILES string of the molecule is Cc1cc(CC(=O)N2CCN(C3Cc4ccccc4C3)CC2)on1. The number of rotatable bonds is 3. The summed E-state index contributed by atoms with van der Waals surface area (Å²) in [5.41, 5.74) is 3.80. The number of carbonyl (C=O) groups is 1. The lowest BCUT2D eigenvalue weighted by atomic mass is 10.1. The summed E-state index contributed by atoms with van der Waals surface area (Å²) < 4.78 is 5.16. The Kier molecular flexibility index (Phi) is 4.10. The molecule has 0 unspecified atom stereocenters. The van der Waals surface area contributed by atoms with Crippen LogP contribution in [0.4, 0.5) is 0 Å². The van der Waals surface area contributed by atoms with Crippen LogP contribution in [-0.2, 0) is 24.1 Å². The largest absolute Gasteiger partial charge is 0.361 e. The molecular weight excluding hydrogens is 302 g/mol. The lowest BCUT2D eigenvalue weighted by molar-refractivity contribution is -0.132. The van der Waals surface area contributed by atoms with Crippen LogP contribution >= 0.6 is 0 Å². The van der Waals surface area contributed by atoms with E-state index in [2.05, 4.69) is 34.3 Å². The summed E-state index contributed by atoms with van der Waals surface area (Å²) in [5, 5.41) is 3.84. The van der Waals surface area contributed by atoms with Gasteiger partial charge >= 0.3 is 0 Å². The quantitative estimate of drug-likeness (QED) is 0.864. The van der Waals surface area contributed by atoms with Gasteiger partial charge in [-0.25, -0.2) is 0 Å². The normalized spacial score (nSPS) is 18.8. The number of amides is 1. The predicted molar refractivity (Wildman–Crippen MR) is 90.7 cm³/mol. The second-order valence-electron chi connectivity index (χ2n) is 6.86. The predicted octanol–water partition coefficient (Wildman–Crippen LogP) is 1.84. The van der Waals surface area contributed by atoms with Crippen molar-refractivity contribution < 1.29 is 9.32 Å². The number of fused-ring (bicyclic) bond motifs is 1. The van der Waals surface area contributed by atoms with Crippen LogP contribution in [0.15, 0.2) is 34.9 Å². The molecule has 1 aliphatic carbocycles. The smallest absolute Gasteiger partial charge is 0.230 e. The molecule has 0 N–H and O–H groups in total. The molecule has 2 heterocycles. The Morgan fingerprint density at radius 1 is 1.17 bits per heavy atom. The maximum absolute atomic E-state index is 12.4. The minimum Gasteiger partial charge on any atom is -0.361 e. The molecule has 1 aromatic heterocycles. The number of hydrogen-bond donors (Lipinski definition) is 0. The van der Waals surface area contributed by atoms with Crippen LogP contribution in [0.2, 0.25) is 0 Å². The standard InChI is InChI=1S/C19H23N3O2/c1-14-10-18(24-20-14)13-19(23)22-8-6-21(7-9-22)17-11-15-4-2-3-5-16(15)12-17/h2-5,10,17H,6-9,11-13H2,1H3. The van der Waals surface area contributed by atoms with Gasteiger partial charge in [0.2, 0.25) is 5.91 Å². The zero-order chi connectivity index (χ0) is 16.5. The first-order chi connectivity index (χ1) is 11.7. The third-order valence-electron chi connectivity index (χ3n) is 5.22. The highest BCUT2D eigenvalue weighted by Gasteiger charge is 2.30. The van der Waals surface area contributed by atoms with E-state index in [1.807, 2.05) is 17.9 Å². The Bertz CT molecular complexity index is 707. The maximum atomic E-state index is 12.4. The minimum atomic E-state index is 0.139. The molecule has 0 spiro atoms. The van der Waals surface area contributed by atoms with E-state index in [0.717, 1.165) is 44.7 Å². The van der Waals surface area contributed by atoms with Crippen LogP contribution < -0.4 is 0 Å². The van der Waals surface area contributed by atoms with Gasteiger partial charge in [0.05, 0.1) is 12.1 Å². The van der Waals surface area contributed by atoms with Gasteiger partial charge in [0.1, 0.15) is 5.76 Å². The van der Waals surface area contributed by atoms with E-state index >= 15 is 0 Å². The third kappa shape index (κ3) is 3.08. The van der Waals surface area contributed by atoms with E-state index in [1.165, 1.54) is 11.1 Å². The molecule has 1 amide bonds. The number of benzene rings is 1. The fraction of sp³-hybridized carbons (Fsp3) is 0.474. The molecule has 1 aliphatic heterocycles. The molecule has 1 aromatic carbocycles. The van der Waals surface area contributed by atoms with Crippen LogP contribution in [0.25, 0.3) is 0 Å². The van der Waals surface area contributed by atoms with E-state index in [1.54, 1.807) is 0 Å². The monoisotopic (exact) mass is 325 g/mol. The highest BCUT2D eigenvalue weighted by Crippen LogP contribution is 2.26. The number of aryl methyl sites for hydroxylation is 1. The van der Waals surface area contributed by atoms with Crippen molar-refractivity contribution in [3.63, 3.8) is 0 Å². The van der Waals surface area contributed by atoms with Gasteiger partial charge in [-0.05, 0) is 30.9 Å². The van der Waals surface area contributed by atoms with E-state index < -0.39 is 0 Å². The van der Waals surface area contributed by atoms with Crippen molar-refractivity contribution in [2.45, 2.75) is 32.2 Å². The minimum absolute atomic E-state index is 0.139. The molecule has 1 saturated heterocycles. The lowest BCUT2D eigenvalue weighted by Gasteiger charge is -2.38. The number of carbonyl (C=O) groups excluding carboxylic acids is 1. The highest BCUT2D eigenvalue weighted by atomic mass is 16.5. The Labute approximate surface area is 142 Å². The first kappa shape index (κ1) is 15.4. The molecule has 0 atom stereocenters. The van der Waals surface area contributed by atoms with Crippen LogP contribution in [0, 0.1) is 6.92 Å². The molecule has 2 aliphatic rings. The van der Waals surface area contributed by atoms with Crippen molar-refractivity contribution >= 4 is 5.91 Å². The van der Waals surface area contributed by atoms with Gasteiger partial charge in [-0.3, -0.25) is 9.69 Å². The van der Waals surface area contributed by atoms with E-state index in [-0.39, 0.29) is 5.91 Å². The summed E-state index contributed by atoms with van der Waals surface area (Å²) in [7, 11) is 0. The zero-order valence-corrected chi connectivity index (χ0v) is 14.1. The molecule has 0 saturated carbocycles. The number of aromatic nitrogens is 1. The molecule has 2 aromatic rings. The summed E-state index contributed by atoms with van der Waals surface area (Å²) >= 11 is 0. The van der Waals surface area contributed by atoms with E-state index in [4.69, 9.17) is 4.52 Å². The Balaban J connectivity index is 1.30. The van der Waals surface area contributed by atoms with Crippen molar-refractivity contribution in [1.82, 2.24) is 15.0 Å². The average Bonchev–Trinajstić information content (AvgIpc) is 3.21. The third-order valence-corrected chi connectivity index (χ3v) is 5.22. The van der Waals surface area contributed by atoms with Gasteiger partial charge in [0.25, 0.3) is 0 Å². The van der Waals surface area contributed by atoms with Gasteiger partial charge in [-0.1, -0.05) is 29.4 Å². The summed E-state index contributed by atoms with van der Waals surface area (Å²) in [6.45, 7) is 5.40. The van der Waals surface area contributed by atoms with Crippen molar-refractivity contribution in [1.29, 1.82) is 0 Å². The molecule has 1 fully saturated rings. The van der Waals surface area contributed by atoms with Crippen molar-refractivity contribution in [2.75, 3.05) is 26.2 Å². The summed E-state index contributed by atoms with van der Waals surface area (Å²) in [5.74, 6) is 0.798. The van der Waals surface area contributed by atoms with Crippen LogP contribution in [0.3, 0.4) is 0 Å². The number of hydrogen-bond acceptors (Lipinski definition) is 4. The molecule has 126 valence electrons. The zero-order valence-electron chi connectivity index (χ0n) is 14.1. The van der Waals surface area contributed by atoms with Crippen LogP contribution in [-0.4, -0.2) is 53.1 Å². The molecule has 5 heteroatoms. The number of piperazine rings is 1. The molecule has 0 bridgehead atoms. The molecule has 0 radical (unpaired) electrons. The topological polar surface area (TPSA) is 49.6 Å². The number of nitrogens with zero attached hydrogens (tertiary/aromatic N) is 3. The molecular formula is C19H23N3O2. The molecule has 4 rings (SSSR count). The molecule has 24 heavy (non-hydrogen) atoms. The van der Waals surface area contributed by atoms with E-state index in [0.29, 0.717) is 18.2 Å². The van der Waals surface area contributed by atoms with Gasteiger partial charge in [0.15, 0.2) is 0 Å².